The average Bonchev–Trinajstić information content (AvgIpc) is 2.32. The monoisotopic (exact) mass is 250 g/mol. The Hall–Kier alpha value is -0.0800. The number of rotatable bonds is 2. The lowest BCUT2D eigenvalue weighted by Gasteiger charge is -2.53. The molecule has 1 saturated heterocycles. The van der Waals surface area contributed by atoms with E-state index in [4.69, 9.17) is 0 Å². The largest absolute Gasteiger partial charge is 0.308 e. The van der Waals surface area contributed by atoms with Crippen molar-refractivity contribution in [1.29, 1.82) is 0 Å². The molecule has 0 aromatic heterocycles. The second kappa shape index (κ2) is 5.13. The van der Waals surface area contributed by atoms with Crippen molar-refractivity contribution >= 4 is 0 Å². The van der Waals surface area contributed by atoms with E-state index >= 15 is 0 Å². The summed E-state index contributed by atoms with van der Waals surface area (Å²) in [5.74, 6) is 0.992. The Bertz CT molecular complexity index is 279. The van der Waals surface area contributed by atoms with Gasteiger partial charge in [-0.1, -0.05) is 25.7 Å². The zero-order valence-electron chi connectivity index (χ0n) is 12.3. The Kier molecular flexibility index (Phi) is 3.68. The molecule has 1 aliphatic heterocycles. The van der Waals surface area contributed by atoms with Crippen molar-refractivity contribution in [3.05, 3.63) is 0 Å². The highest BCUT2D eigenvalue weighted by Crippen LogP contribution is 2.37. The molecule has 104 valence electrons. The van der Waals surface area contributed by atoms with E-state index < -0.39 is 0 Å². The van der Waals surface area contributed by atoms with Crippen LogP contribution in [0.2, 0.25) is 0 Å². The first-order valence-corrected chi connectivity index (χ1v) is 8.21. The molecule has 3 aliphatic rings. The summed E-state index contributed by atoms with van der Waals surface area (Å²) in [5.41, 5.74) is 0.475. The smallest absolute Gasteiger partial charge is 0.0309 e. The molecule has 1 N–H and O–H groups in total. The summed E-state index contributed by atoms with van der Waals surface area (Å²) >= 11 is 0. The predicted octanol–water partition coefficient (Wildman–Crippen LogP) is 3.17. The molecular weight excluding hydrogens is 220 g/mol. The fourth-order valence-corrected chi connectivity index (χ4v) is 4.34. The van der Waals surface area contributed by atoms with Crippen molar-refractivity contribution in [2.45, 2.75) is 82.8 Å². The highest BCUT2D eigenvalue weighted by molar-refractivity contribution is 5.01. The first-order valence-electron chi connectivity index (χ1n) is 8.21. The van der Waals surface area contributed by atoms with Gasteiger partial charge in [-0.25, -0.2) is 0 Å². The van der Waals surface area contributed by atoms with Gasteiger partial charge >= 0.3 is 0 Å². The average molecular weight is 250 g/mol. The third-order valence-electron chi connectivity index (χ3n) is 5.99. The fourth-order valence-electron chi connectivity index (χ4n) is 4.34. The van der Waals surface area contributed by atoms with Gasteiger partial charge in [0.15, 0.2) is 0 Å². The van der Waals surface area contributed by atoms with Crippen LogP contribution in [0.5, 0.6) is 0 Å². The van der Waals surface area contributed by atoms with Crippen molar-refractivity contribution in [2.24, 2.45) is 5.92 Å². The Morgan fingerprint density at radius 1 is 1.11 bits per heavy atom. The summed E-state index contributed by atoms with van der Waals surface area (Å²) in [6.07, 6.45) is 11.6. The van der Waals surface area contributed by atoms with E-state index in [2.05, 4.69) is 24.1 Å². The molecule has 1 spiro atoms. The molecule has 0 aromatic rings. The molecule has 2 aliphatic carbocycles. The Balaban J connectivity index is 1.67. The maximum absolute atomic E-state index is 3.90. The van der Waals surface area contributed by atoms with Crippen molar-refractivity contribution in [1.82, 2.24) is 10.2 Å². The van der Waals surface area contributed by atoms with Crippen LogP contribution < -0.4 is 5.32 Å². The normalized spacial score (nSPS) is 35.3. The Morgan fingerprint density at radius 2 is 1.83 bits per heavy atom. The molecule has 1 heterocycles. The lowest BCUT2D eigenvalue weighted by atomic mass is 9.76. The zero-order chi connectivity index (χ0) is 12.6. The van der Waals surface area contributed by atoms with E-state index in [1.807, 2.05) is 0 Å². The molecule has 2 nitrogen and oxygen atoms in total. The number of nitrogens with one attached hydrogen (secondary N) is 1. The van der Waals surface area contributed by atoms with Crippen LogP contribution in [0.15, 0.2) is 0 Å². The van der Waals surface area contributed by atoms with Gasteiger partial charge in [0, 0.05) is 30.7 Å². The van der Waals surface area contributed by atoms with Gasteiger partial charge in [-0.05, 0) is 45.4 Å². The SMILES string of the molecule is CC1CNC2(CCCCC2)CN1C(C)C1CCC1. The maximum Gasteiger partial charge on any atom is 0.0309 e. The molecule has 2 atom stereocenters. The Labute approximate surface area is 113 Å². The second-order valence-electron chi connectivity index (χ2n) is 7.17. The number of hydrogen-bond donors (Lipinski definition) is 1. The molecule has 2 unspecified atom stereocenters. The van der Waals surface area contributed by atoms with Crippen LogP contribution in [-0.2, 0) is 0 Å². The van der Waals surface area contributed by atoms with Crippen molar-refractivity contribution in [3.8, 4) is 0 Å². The van der Waals surface area contributed by atoms with Crippen molar-refractivity contribution < 1.29 is 0 Å². The first kappa shape index (κ1) is 12.9. The zero-order valence-corrected chi connectivity index (χ0v) is 12.3. The van der Waals surface area contributed by atoms with Crippen molar-refractivity contribution in [2.75, 3.05) is 13.1 Å². The minimum Gasteiger partial charge on any atom is -0.308 e. The summed E-state index contributed by atoms with van der Waals surface area (Å²) in [7, 11) is 0. The lowest BCUT2D eigenvalue weighted by Crippen LogP contribution is -2.66. The maximum atomic E-state index is 3.90. The van der Waals surface area contributed by atoms with E-state index in [1.165, 1.54) is 64.5 Å². The fraction of sp³-hybridized carbons (Fsp3) is 1.00. The van der Waals surface area contributed by atoms with Gasteiger partial charge in [-0.15, -0.1) is 0 Å². The molecule has 0 aromatic carbocycles. The summed E-state index contributed by atoms with van der Waals surface area (Å²) in [6.45, 7) is 7.42. The molecule has 0 bridgehead atoms. The molecule has 0 amide bonds. The van der Waals surface area contributed by atoms with Crippen LogP contribution in [0.25, 0.3) is 0 Å². The van der Waals surface area contributed by atoms with Gasteiger partial charge in [-0.3, -0.25) is 4.90 Å². The molecule has 18 heavy (non-hydrogen) atoms. The van der Waals surface area contributed by atoms with E-state index in [0.717, 1.165) is 18.0 Å². The van der Waals surface area contributed by atoms with Crippen LogP contribution in [0, 0.1) is 5.92 Å². The van der Waals surface area contributed by atoms with Crippen LogP contribution >= 0.6 is 0 Å². The second-order valence-corrected chi connectivity index (χ2v) is 7.17. The summed E-state index contributed by atoms with van der Waals surface area (Å²) in [4.78, 5) is 2.84. The van der Waals surface area contributed by atoms with Crippen molar-refractivity contribution in [3.63, 3.8) is 0 Å². The van der Waals surface area contributed by atoms with E-state index in [0.29, 0.717) is 5.54 Å². The standard InChI is InChI=1S/C16H30N2/c1-13-11-17-16(9-4-3-5-10-16)12-18(13)14(2)15-7-6-8-15/h13-15,17H,3-12H2,1-2H3. The van der Waals surface area contributed by atoms with Crippen LogP contribution in [0.4, 0.5) is 0 Å². The van der Waals surface area contributed by atoms with Crippen LogP contribution in [0.1, 0.15) is 65.2 Å². The minimum atomic E-state index is 0.475. The highest BCUT2D eigenvalue weighted by atomic mass is 15.3. The van der Waals surface area contributed by atoms with Gasteiger partial charge < -0.3 is 5.32 Å². The Morgan fingerprint density at radius 3 is 2.44 bits per heavy atom. The lowest BCUT2D eigenvalue weighted by molar-refractivity contribution is 0.00253. The molecule has 3 rings (SSSR count). The molecule has 2 heteroatoms. The highest BCUT2D eigenvalue weighted by Gasteiger charge is 2.41. The molecule has 2 saturated carbocycles. The van der Waals surface area contributed by atoms with Gasteiger partial charge in [-0.2, -0.15) is 0 Å². The quantitative estimate of drug-likeness (QED) is 0.810. The summed E-state index contributed by atoms with van der Waals surface area (Å²) in [5, 5.41) is 3.90. The third kappa shape index (κ3) is 2.34. The van der Waals surface area contributed by atoms with E-state index in [-0.39, 0.29) is 0 Å². The predicted molar refractivity (Wildman–Crippen MR) is 76.8 cm³/mol. The minimum absolute atomic E-state index is 0.475. The van der Waals surface area contributed by atoms with E-state index in [9.17, 15) is 0 Å². The molecule has 3 fully saturated rings. The number of piperazine rings is 1. The van der Waals surface area contributed by atoms with Crippen LogP contribution in [0.3, 0.4) is 0 Å². The van der Waals surface area contributed by atoms with Gasteiger partial charge in [0.25, 0.3) is 0 Å². The topological polar surface area (TPSA) is 15.3 Å². The molecule has 0 radical (unpaired) electrons. The summed E-state index contributed by atoms with van der Waals surface area (Å²) in [6, 6.07) is 1.54. The third-order valence-corrected chi connectivity index (χ3v) is 5.99. The van der Waals surface area contributed by atoms with Gasteiger partial charge in [0.05, 0.1) is 0 Å². The molecular formula is C16H30N2. The van der Waals surface area contributed by atoms with Crippen LogP contribution in [-0.4, -0.2) is 35.6 Å². The first-order chi connectivity index (χ1) is 8.70. The van der Waals surface area contributed by atoms with Gasteiger partial charge in [0.1, 0.15) is 0 Å². The van der Waals surface area contributed by atoms with E-state index in [1.54, 1.807) is 0 Å². The summed E-state index contributed by atoms with van der Waals surface area (Å²) < 4.78 is 0. The number of nitrogens with zero attached hydrogens (tertiary/aromatic N) is 1. The van der Waals surface area contributed by atoms with Gasteiger partial charge in [0.2, 0.25) is 0 Å². The number of hydrogen-bond acceptors (Lipinski definition) is 2.